The second kappa shape index (κ2) is 6.70. The van der Waals surface area contributed by atoms with Crippen LogP contribution in [0.5, 0.6) is 0 Å². The standard InChI is InChI=1S/C14H18F3NO/c1-10(2)18-9-5-8-13(19)11-6-3-4-7-12(11)14(15,16)17/h3-4,6-7,10,18H,5,8-9H2,1-2H3. The zero-order chi connectivity index (χ0) is 14.5. The lowest BCUT2D eigenvalue weighted by Crippen LogP contribution is -2.24. The highest BCUT2D eigenvalue weighted by atomic mass is 19.4. The SMILES string of the molecule is CC(C)NCCCC(=O)c1ccccc1C(F)(F)F. The molecule has 0 amide bonds. The molecule has 0 heterocycles. The third-order valence-corrected chi connectivity index (χ3v) is 2.67. The van der Waals surface area contributed by atoms with Gasteiger partial charge in [0.2, 0.25) is 0 Å². The first-order chi connectivity index (χ1) is 8.82. The summed E-state index contributed by atoms with van der Waals surface area (Å²) in [7, 11) is 0. The highest BCUT2D eigenvalue weighted by Gasteiger charge is 2.34. The first kappa shape index (κ1) is 15.7. The lowest BCUT2D eigenvalue weighted by Gasteiger charge is -2.12. The van der Waals surface area contributed by atoms with Crippen molar-refractivity contribution in [3.05, 3.63) is 35.4 Å². The quantitative estimate of drug-likeness (QED) is 0.633. The van der Waals surface area contributed by atoms with Crippen molar-refractivity contribution in [2.75, 3.05) is 6.54 Å². The Morgan fingerprint density at radius 3 is 2.47 bits per heavy atom. The Hall–Kier alpha value is -1.36. The van der Waals surface area contributed by atoms with E-state index in [1.165, 1.54) is 18.2 Å². The fourth-order valence-electron chi connectivity index (χ4n) is 1.75. The van der Waals surface area contributed by atoms with Crippen molar-refractivity contribution in [1.82, 2.24) is 5.32 Å². The molecule has 0 radical (unpaired) electrons. The molecule has 0 unspecified atom stereocenters. The smallest absolute Gasteiger partial charge is 0.315 e. The Bertz CT molecular complexity index is 427. The van der Waals surface area contributed by atoms with Gasteiger partial charge in [0.1, 0.15) is 0 Å². The highest BCUT2D eigenvalue weighted by molar-refractivity contribution is 5.97. The van der Waals surface area contributed by atoms with Gasteiger partial charge < -0.3 is 5.32 Å². The zero-order valence-electron chi connectivity index (χ0n) is 11.1. The largest absolute Gasteiger partial charge is 0.417 e. The summed E-state index contributed by atoms with van der Waals surface area (Å²) in [6.07, 6.45) is -3.83. The third-order valence-electron chi connectivity index (χ3n) is 2.67. The van der Waals surface area contributed by atoms with Gasteiger partial charge in [-0.15, -0.1) is 0 Å². The van der Waals surface area contributed by atoms with Crippen molar-refractivity contribution in [2.45, 2.75) is 38.9 Å². The number of hydrogen-bond donors (Lipinski definition) is 1. The monoisotopic (exact) mass is 273 g/mol. The number of halogens is 3. The third kappa shape index (κ3) is 5.03. The number of alkyl halides is 3. The van der Waals surface area contributed by atoms with Crippen molar-refractivity contribution in [3.63, 3.8) is 0 Å². The van der Waals surface area contributed by atoms with Gasteiger partial charge in [-0.2, -0.15) is 13.2 Å². The van der Waals surface area contributed by atoms with Crippen LogP contribution in [0.3, 0.4) is 0 Å². The number of nitrogens with one attached hydrogen (secondary N) is 1. The summed E-state index contributed by atoms with van der Waals surface area (Å²) < 4.78 is 38.2. The van der Waals surface area contributed by atoms with Crippen LogP contribution in [0.1, 0.15) is 42.6 Å². The van der Waals surface area contributed by atoms with Gasteiger partial charge in [0.25, 0.3) is 0 Å². The van der Waals surface area contributed by atoms with Crippen LogP contribution in [0.4, 0.5) is 13.2 Å². The minimum Gasteiger partial charge on any atom is -0.315 e. The Morgan fingerprint density at radius 1 is 1.26 bits per heavy atom. The molecule has 0 aliphatic rings. The second-order valence-electron chi connectivity index (χ2n) is 4.68. The summed E-state index contributed by atoms with van der Waals surface area (Å²) in [5, 5.41) is 3.12. The molecule has 0 aliphatic carbocycles. The van der Waals surface area contributed by atoms with Crippen LogP contribution in [0.15, 0.2) is 24.3 Å². The first-order valence-electron chi connectivity index (χ1n) is 6.25. The average Bonchev–Trinajstić information content (AvgIpc) is 2.33. The van der Waals surface area contributed by atoms with Gasteiger partial charge in [-0.05, 0) is 19.0 Å². The van der Waals surface area contributed by atoms with Crippen LogP contribution in [-0.4, -0.2) is 18.4 Å². The lowest BCUT2D eigenvalue weighted by atomic mass is 10.00. The molecule has 0 spiro atoms. The van der Waals surface area contributed by atoms with Crippen LogP contribution in [-0.2, 0) is 6.18 Å². The van der Waals surface area contributed by atoms with Crippen LogP contribution in [0.2, 0.25) is 0 Å². The maximum atomic E-state index is 12.7. The minimum atomic E-state index is -4.48. The maximum absolute atomic E-state index is 12.7. The molecular formula is C14H18F3NO. The summed E-state index contributed by atoms with van der Waals surface area (Å²) in [4.78, 5) is 11.8. The molecule has 0 fully saturated rings. The Morgan fingerprint density at radius 2 is 1.89 bits per heavy atom. The maximum Gasteiger partial charge on any atom is 0.417 e. The van der Waals surface area contributed by atoms with E-state index in [4.69, 9.17) is 0 Å². The Balaban J connectivity index is 2.67. The van der Waals surface area contributed by atoms with Crippen LogP contribution in [0, 0.1) is 0 Å². The van der Waals surface area contributed by atoms with Gasteiger partial charge in [-0.3, -0.25) is 4.79 Å². The molecule has 0 bridgehead atoms. The predicted octanol–water partition coefficient (Wildman–Crippen LogP) is 3.67. The number of carbonyl (C=O) groups is 1. The Kier molecular flexibility index (Phi) is 5.54. The fourth-order valence-corrected chi connectivity index (χ4v) is 1.75. The number of Topliss-reactive ketones (excluding diaryl/α,β-unsaturated/α-hetero) is 1. The summed E-state index contributed by atoms with van der Waals surface area (Å²) in [5.74, 6) is -0.460. The molecule has 1 rings (SSSR count). The molecule has 19 heavy (non-hydrogen) atoms. The number of hydrogen-bond acceptors (Lipinski definition) is 2. The molecule has 1 aromatic carbocycles. The zero-order valence-corrected chi connectivity index (χ0v) is 11.1. The number of carbonyl (C=O) groups excluding carboxylic acids is 1. The van der Waals surface area contributed by atoms with Crippen molar-refractivity contribution < 1.29 is 18.0 Å². The van der Waals surface area contributed by atoms with E-state index in [-0.39, 0.29) is 12.0 Å². The van der Waals surface area contributed by atoms with Crippen LogP contribution in [0.25, 0.3) is 0 Å². The van der Waals surface area contributed by atoms with Gasteiger partial charge >= 0.3 is 6.18 Å². The Labute approximate surface area is 111 Å². The molecule has 0 aromatic heterocycles. The molecule has 106 valence electrons. The summed E-state index contributed by atoms with van der Waals surface area (Å²) in [6, 6.07) is 5.23. The second-order valence-corrected chi connectivity index (χ2v) is 4.68. The minimum absolute atomic E-state index is 0.118. The highest BCUT2D eigenvalue weighted by Crippen LogP contribution is 2.32. The number of benzene rings is 1. The topological polar surface area (TPSA) is 29.1 Å². The summed E-state index contributed by atoms with van der Waals surface area (Å²) in [5.41, 5.74) is -1.09. The average molecular weight is 273 g/mol. The molecule has 5 heteroatoms. The van der Waals surface area contributed by atoms with E-state index in [1.807, 2.05) is 13.8 Å². The van der Waals surface area contributed by atoms with E-state index in [0.717, 1.165) is 6.07 Å². The van der Waals surface area contributed by atoms with Crippen molar-refractivity contribution in [3.8, 4) is 0 Å². The summed E-state index contributed by atoms with van der Waals surface area (Å²) >= 11 is 0. The first-order valence-corrected chi connectivity index (χ1v) is 6.25. The molecule has 0 atom stereocenters. The van der Waals surface area contributed by atoms with E-state index in [2.05, 4.69) is 5.32 Å². The van der Waals surface area contributed by atoms with E-state index >= 15 is 0 Å². The van der Waals surface area contributed by atoms with Crippen LogP contribution >= 0.6 is 0 Å². The fraction of sp³-hybridized carbons (Fsp3) is 0.500. The van der Waals surface area contributed by atoms with E-state index in [0.29, 0.717) is 19.0 Å². The van der Waals surface area contributed by atoms with Crippen molar-refractivity contribution >= 4 is 5.78 Å². The van der Waals surface area contributed by atoms with E-state index in [9.17, 15) is 18.0 Å². The molecule has 0 saturated carbocycles. The van der Waals surface area contributed by atoms with E-state index in [1.54, 1.807) is 0 Å². The van der Waals surface area contributed by atoms with Gasteiger partial charge in [0.15, 0.2) is 5.78 Å². The molecule has 2 nitrogen and oxygen atoms in total. The molecule has 1 N–H and O–H groups in total. The molecule has 0 aliphatic heterocycles. The van der Waals surface area contributed by atoms with Gasteiger partial charge in [0, 0.05) is 18.0 Å². The predicted molar refractivity (Wildman–Crippen MR) is 68.1 cm³/mol. The van der Waals surface area contributed by atoms with Crippen molar-refractivity contribution in [2.24, 2.45) is 0 Å². The van der Waals surface area contributed by atoms with Gasteiger partial charge in [0.05, 0.1) is 5.56 Å². The van der Waals surface area contributed by atoms with Crippen molar-refractivity contribution in [1.29, 1.82) is 0 Å². The van der Waals surface area contributed by atoms with Crippen LogP contribution < -0.4 is 5.32 Å². The lowest BCUT2D eigenvalue weighted by molar-refractivity contribution is -0.137. The molecule has 0 saturated heterocycles. The van der Waals surface area contributed by atoms with E-state index < -0.39 is 17.5 Å². The molecular weight excluding hydrogens is 255 g/mol. The number of rotatable bonds is 6. The molecule has 1 aromatic rings. The van der Waals surface area contributed by atoms with Gasteiger partial charge in [-0.1, -0.05) is 32.0 Å². The van der Waals surface area contributed by atoms with Gasteiger partial charge in [-0.25, -0.2) is 0 Å². The summed E-state index contributed by atoms with van der Waals surface area (Å²) in [6.45, 7) is 4.57. The normalized spacial score (nSPS) is 11.9. The number of ketones is 1.